The summed E-state index contributed by atoms with van der Waals surface area (Å²) in [6.45, 7) is 3.11. The highest BCUT2D eigenvalue weighted by atomic mass is 19.3. The van der Waals surface area contributed by atoms with Crippen molar-refractivity contribution in [3.05, 3.63) is 12.2 Å². The van der Waals surface area contributed by atoms with Gasteiger partial charge < -0.3 is 0 Å². The predicted molar refractivity (Wildman–Crippen MR) is 57.8 cm³/mol. The molecule has 0 aromatic rings. The minimum absolute atomic E-state index is 0.787. The molecule has 0 fully saturated rings. The third kappa shape index (κ3) is 11.6. The fourth-order valence-electron chi connectivity index (χ4n) is 1.33. The maximum atomic E-state index is 12.3. The van der Waals surface area contributed by atoms with Gasteiger partial charge in [-0.05, 0) is 18.9 Å². The lowest BCUT2D eigenvalue weighted by molar-refractivity contribution is 0.0771. The van der Waals surface area contributed by atoms with Crippen LogP contribution in [0.5, 0.6) is 0 Å². The van der Waals surface area contributed by atoms with Crippen molar-refractivity contribution in [3.8, 4) is 0 Å². The lowest BCUT2D eigenvalue weighted by atomic mass is 10.1. The van der Waals surface area contributed by atoms with Gasteiger partial charge in [0.25, 0.3) is 5.92 Å². The predicted octanol–water partition coefficient (Wildman–Crippen LogP) is 4.95. The molecule has 84 valence electrons. The van der Waals surface area contributed by atoms with Gasteiger partial charge in [0.1, 0.15) is 0 Å². The molecule has 0 radical (unpaired) electrons. The van der Waals surface area contributed by atoms with Crippen LogP contribution in [0.4, 0.5) is 8.78 Å². The van der Waals surface area contributed by atoms with Crippen molar-refractivity contribution >= 4 is 0 Å². The van der Waals surface area contributed by atoms with Gasteiger partial charge in [-0.1, -0.05) is 45.1 Å². The minimum atomic E-state index is -2.64. The van der Waals surface area contributed by atoms with Crippen LogP contribution in [0.15, 0.2) is 12.2 Å². The molecule has 0 saturated heterocycles. The summed E-state index contributed by atoms with van der Waals surface area (Å²) in [6.07, 6.45) is 10.7. The fourth-order valence-corrected chi connectivity index (χ4v) is 1.33. The van der Waals surface area contributed by atoms with Crippen LogP contribution in [0.2, 0.25) is 0 Å². The molecular weight excluding hydrogens is 182 g/mol. The van der Waals surface area contributed by atoms with E-state index in [1.54, 1.807) is 6.08 Å². The Morgan fingerprint density at radius 1 is 1.00 bits per heavy atom. The van der Waals surface area contributed by atoms with Gasteiger partial charge >= 0.3 is 0 Å². The van der Waals surface area contributed by atoms with Gasteiger partial charge in [0, 0.05) is 6.92 Å². The van der Waals surface area contributed by atoms with Crippen LogP contribution in [0, 0.1) is 0 Å². The van der Waals surface area contributed by atoms with Gasteiger partial charge in [-0.15, -0.1) is 0 Å². The molecule has 0 heterocycles. The van der Waals surface area contributed by atoms with Gasteiger partial charge in [-0.2, -0.15) is 0 Å². The Morgan fingerprint density at radius 2 is 1.57 bits per heavy atom. The van der Waals surface area contributed by atoms with E-state index in [2.05, 4.69) is 6.92 Å². The zero-order chi connectivity index (χ0) is 10.9. The van der Waals surface area contributed by atoms with E-state index in [0.29, 0.717) is 0 Å². The van der Waals surface area contributed by atoms with E-state index >= 15 is 0 Å². The monoisotopic (exact) mass is 204 g/mol. The Morgan fingerprint density at radius 3 is 2.14 bits per heavy atom. The molecule has 0 unspecified atom stereocenters. The SMILES string of the molecule is CCCCCCCC/C=C\C(C)(F)F. The Hall–Kier alpha value is -0.400. The second-order valence-corrected chi connectivity index (χ2v) is 3.92. The van der Waals surface area contributed by atoms with Crippen molar-refractivity contribution in [2.75, 3.05) is 0 Å². The molecule has 0 saturated carbocycles. The van der Waals surface area contributed by atoms with E-state index in [9.17, 15) is 8.78 Å². The summed E-state index contributed by atoms with van der Waals surface area (Å²) in [5.41, 5.74) is 0. The average Bonchev–Trinajstić information content (AvgIpc) is 2.08. The molecule has 0 aliphatic rings. The molecule has 0 nitrogen and oxygen atoms in total. The van der Waals surface area contributed by atoms with Crippen LogP contribution in [0.1, 0.15) is 58.8 Å². The number of hydrogen-bond donors (Lipinski definition) is 0. The summed E-state index contributed by atoms with van der Waals surface area (Å²) in [5, 5.41) is 0. The molecule has 0 amide bonds. The lowest BCUT2D eigenvalue weighted by Gasteiger charge is -2.02. The van der Waals surface area contributed by atoms with Gasteiger partial charge in [0.05, 0.1) is 0 Å². The van der Waals surface area contributed by atoms with Crippen LogP contribution in [-0.2, 0) is 0 Å². The molecule has 0 aromatic heterocycles. The molecule has 2 heteroatoms. The van der Waals surface area contributed by atoms with Crippen molar-refractivity contribution in [1.82, 2.24) is 0 Å². The highest BCUT2D eigenvalue weighted by Gasteiger charge is 2.14. The van der Waals surface area contributed by atoms with E-state index in [0.717, 1.165) is 25.8 Å². The molecule has 0 atom stereocenters. The normalized spacial score (nSPS) is 12.6. The summed E-state index contributed by atoms with van der Waals surface area (Å²) < 4.78 is 24.6. The van der Waals surface area contributed by atoms with Crippen LogP contribution >= 0.6 is 0 Å². The zero-order valence-electron chi connectivity index (χ0n) is 9.36. The third-order valence-corrected chi connectivity index (χ3v) is 2.13. The fraction of sp³-hybridized carbons (Fsp3) is 0.833. The Labute approximate surface area is 86.4 Å². The molecule has 14 heavy (non-hydrogen) atoms. The molecule has 0 aromatic carbocycles. The lowest BCUT2D eigenvalue weighted by Crippen LogP contribution is -2.02. The average molecular weight is 204 g/mol. The first kappa shape index (κ1) is 13.6. The number of unbranched alkanes of at least 4 members (excludes halogenated alkanes) is 6. The number of allylic oxidation sites excluding steroid dienone is 2. The van der Waals surface area contributed by atoms with E-state index in [1.807, 2.05) is 0 Å². The number of alkyl halides is 2. The first-order valence-corrected chi connectivity index (χ1v) is 5.62. The summed E-state index contributed by atoms with van der Waals surface area (Å²) in [7, 11) is 0. The zero-order valence-corrected chi connectivity index (χ0v) is 9.36. The summed E-state index contributed by atoms with van der Waals surface area (Å²) in [6, 6.07) is 0. The van der Waals surface area contributed by atoms with Crippen molar-refractivity contribution in [1.29, 1.82) is 0 Å². The Balaban J connectivity index is 3.17. The molecule has 0 rings (SSSR count). The van der Waals surface area contributed by atoms with Crippen molar-refractivity contribution in [2.24, 2.45) is 0 Å². The molecule has 0 spiro atoms. The molecule has 0 aliphatic carbocycles. The van der Waals surface area contributed by atoms with E-state index < -0.39 is 5.92 Å². The van der Waals surface area contributed by atoms with Crippen LogP contribution < -0.4 is 0 Å². The van der Waals surface area contributed by atoms with Crippen molar-refractivity contribution < 1.29 is 8.78 Å². The third-order valence-electron chi connectivity index (χ3n) is 2.13. The molecule has 0 N–H and O–H groups in total. The van der Waals surface area contributed by atoms with E-state index in [4.69, 9.17) is 0 Å². The Bertz CT molecular complexity index is 145. The van der Waals surface area contributed by atoms with E-state index in [1.165, 1.54) is 32.1 Å². The summed E-state index contributed by atoms with van der Waals surface area (Å²) in [5.74, 6) is -2.64. The number of rotatable bonds is 8. The standard InChI is InChI=1S/C12H22F2/c1-3-4-5-6-7-8-9-10-11-12(2,13)14/h10-11H,3-9H2,1-2H3/b11-10-. The summed E-state index contributed by atoms with van der Waals surface area (Å²) in [4.78, 5) is 0. The minimum Gasteiger partial charge on any atom is -0.202 e. The Kier molecular flexibility index (Phi) is 7.73. The van der Waals surface area contributed by atoms with Gasteiger partial charge in [-0.25, -0.2) is 8.78 Å². The highest BCUT2D eigenvalue weighted by molar-refractivity contribution is 4.91. The van der Waals surface area contributed by atoms with Crippen LogP contribution in [0.25, 0.3) is 0 Å². The first-order chi connectivity index (χ1) is 6.56. The quantitative estimate of drug-likeness (QED) is 0.387. The van der Waals surface area contributed by atoms with Crippen LogP contribution in [0.3, 0.4) is 0 Å². The van der Waals surface area contributed by atoms with Crippen molar-refractivity contribution in [3.63, 3.8) is 0 Å². The van der Waals surface area contributed by atoms with Gasteiger partial charge in [0.15, 0.2) is 0 Å². The topological polar surface area (TPSA) is 0 Å². The van der Waals surface area contributed by atoms with Crippen molar-refractivity contribution in [2.45, 2.75) is 64.7 Å². The molecule has 0 aliphatic heterocycles. The second-order valence-electron chi connectivity index (χ2n) is 3.92. The number of hydrogen-bond acceptors (Lipinski definition) is 0. The smallest absolute Gasteiger partial charge is 0.202 e. The largest absolute Gasteiger partial charge is 0.263 e. The summed E-state index contributed by atoms with van der Waals surface area (Å²) >= 11 is 0. The maximum absolute atomic E-state index is 12.3. The second kappa shape index (κ2) is 7.95. The maximum Gasteiger partial charge on any atom is 0.263 e. The molecule has 0 bridgehead atoms. The molecular formula is C12H22F2. The first-order valence-electron chi connectivity index (χ1n) is 5.62. The van der Waals surface area contributed by atoms with Crippen LogP contribution in [-0.4, -0.2) is 5.92 Å². The van der Waals surface area contributed by atoms with E-state index in [-0.39, 0.29) is 0 Å². The van der Waals surface area contributed by atoms with Gasteiger partial charge in [0.2, 0.25) is 0 Å². The highest BCUT2D eigenvalue weighted by Crippen LogP contribution is 2.14. The van der Waals surface area contributed by atoms with Gasteiger partial charge in [-0.3, -0.25) is 0 Å². The number of halogens is 2.